The van der Waals surface area contributed by atoms with Gasteiger partial charge in [-0.3, -0.25) is 15.0 Å². The van der Waals surface area contributed by atoms with Crippen LogP contribution in [-0.2, 0) is 14.3 Å². The topological polar surface area (TPSA) is 62.8 Å². The Bertz CT molecular complexity index is 292. The maximum atomic E-state index is 11.3. The number of morpholine rings is 1. The zero-order valence-electron chi connectivity index (χ0n) is 11.2. The highest BCUT2D eigenvalue weighted by molar-refractivity contribution is 5.79. The molecule has 0 bridgehead atoms. The molecule has 0 radical (unpaired) electrons. The second kappa shape index (κ2) is 5.97. The van der Waals surface area contributed by atoms with Crippen molar-refractivity contribution in [3.63, 3.8) is 0 Å². The van der Waals surface area contributed by atoms with Gasteiger partial charge in [0, 0.05) is 32.1 Å². The van der Waals surface area contributed by atoms with Gasteiger partial charge >= 0.3 is 0 Å². The van der Waals surface area contributed by atoms with E-state index in [1.807, 2.05) is 13.8 Å². The van der Waals surface area contributed by atoms with E-state index < -0.39 is 5.85 Å². The molecule has 1 atom stereocenters. The quantitative estimate of drug-likeness (QED) is 0.686. The van der Waals surface area contributed by atoms with E-state index in [1.165, 1.54) is 0 Å². The minimum absolute atomic E-state index is 0.0532. The van der Waals surface area contributed by atoms with Gasteiger partial charge in [0.15, 0.2) is 0 Å². The lowest BCUT2D eigenvalue weighted by Crippen LogP contribution is -2.60. The number of hydrogen-bond acceptors (Lipinski definition) is 5. The number of amides is 1. The lowest BCUT2D eigenvalue weighted by molar-refractivity contribution is -0.119. The Kier molecular flexibility index (Phi) is 4.55. The van der Waals surface area contributed by atoms with Gasteiger partial charge in [0.2, 0.25) is 11.8 Å². The molecule has 0 spiro atoms. The fourth-order valence-corrected chi connectivity index (χ4v) is 2.29. The van der Waals surface area contributed by atoms with E-state index >= 15 is 0 Å². The molecule has 0 aliphatic carbocycles. The molecule has 0 aromatic heterocycles. The van der Waals surface area contributed by atoms with Crippen molar-refractivity contribution in [3.05, 3.63) is 0 Å². The molecule has 104 valence electrons. The Morgan fingerprint density at radius 2 is 2.17 bits per heavy atom. The van der Waals surface area contributed by atoms with Crippen LogP contribution in [0.4, 0.5) is 0 Å². The number of nitrogens with zero attached hydrogens (tertiary/aromatic N) is 1. The Morgan fingerprint density at radius 1 is 1.44 bits per heavy atom. The van der Waals surface area contributed by atoms with Gasteiger partial charge < -0.3 is 14.8 Å². The molecule has 2 N–H and O–H groups in total. The molecule has 2 rings (SSSR count). The normalized spacial score (nSPS) is 29.8. The third-order valence-electron chi connectivity index (χ3n) is 3.49. The van der Waals surface area contributed by atoms with Crippen LogP contribution in [0.15, 0.2) is 0 Å². The summed E-state index contributed by atoms with van der Waals surface area (Å²) in [6.07, 6.45) is 0. The van der Waals surface area contributed by atoms with Crippen molar-refractivity contribution in [2.24, 2.45) is 5.92 Å². The second-order valence-electron chi connectivity index (χ2n) is 5.11. The smallest absolute Gasteiger partial charge is 0.249 e. The summed E-state index contributed by atoms with van der Waals surface area (Å²) in [5.74, 6) is -0.556. The van der Waals surface area contributed by atoms with Crippen LogP contribution in [0.5, 0.6) is 0 Å². The Balaban J connectivity index is 1.77. The van der Waals surface area contributed by atoms with E-state index in [2.05, 4.69) is 15.5 Å². The summed E-state index contributed by atoms with van der Waals surface area (Å²) < 4.78 is 10.9. The first-order valence-electron chi connectivity index (χ1n) is 6.62. The number of carbonyl (C=O) groups excluding carboxylic acids is 1. The molecule has 6 nitrogen and oxygen atoms in total. The van der Waals surface area contributed by atoms with E-state index in [0.717, 1.165) is 39.4 Å². The zero-order chi connectivity index (χ0) is 13.0. The molecule has 1 unspecified atom stereocenters. The van der Waals surface area contributed by atoms with Crippen molar-refractivity contribution < 1.29 is 14.3 Å². The summed E-state index contributed by atoms with van der Waals surface area (Å²) in [6.45, 7) is 9.51. The van der Waals surface area contributed by atoms with Gasteiger partial charge in [-0.05, 0) is 0 Å². The molecule has 18 heavy (non-hydrogen) atoms. The molecule has 2 fully saturated rings. The van der Waals surface area contributed by atoms with Gasteiger partial charge in [0.1, 0.15) is 6.61 Å². The Hall–Kier alpha value is -0.690. The lowest BCUT2D eigenvalue weighted by Gasteiger charge is -2.34. The first-order valence-corrected chi connectivity index (χ1v) is 6.62. The van der Waals surface area contributed by atoms with E-state index in [-0.39, 0.29) is 18.4 Å². The maximum Gasteiger partial charge on any atom is 0.249 e. The van der Waals surface area contributed by atoms with Crippen molar-refractivity contribution in [2.75, 3.05) is 46.0 Å². The van der Waals surface area contributed by atoms with Crippen LogP contribution in [-0.4, -0.2) is 62.7 Å². The Morgan fingerprint density at radius 3 is 2.72 bits per heavy atom. The van der Waals surface area contributed by atoms with E-state index in [9.17, 15) is 4.79 Å². The van der Waals surface area contributed by atoms with E-state index in [1.54, 1.807) is 0 Å². The molecule has 2 heterocycles. The van der Waals surface area contributed by atoms with Crippen LogP contribution in [0.2, 0.25) is 0 Å². The van der Waals surface area contributed by atoms with Crippen LogP contribution in [0.1, 0.15) is 13.8 Å². The van der Waals surface area contributed by atoms with Crippen molar-refractivity contribution in [2.45, 2.75) is 19.7 Å². The van der Waals surface area contributed by atoms with Crippen molar-refractivity contribution in [3.8, 4) is 0 Å². The van der Waals surface area contributed by atoms with Crippen LogP contribution < -0.4 is 10.6 Å². The van der Waals surface area contributed by atoms with Crippen LogP contribution in [0, 0.1) is 5.92 Å². The van der Waals surface area contributed by atoms with E-state index in [4.69, 9.17) is 9.47 Å². The summed E-state index contributed by atoms with van der Waals surface area (Å²) in [6, 6.07) is 0. The minimum atomic E-state index is -0.691. The molecule has 2 aliphatic heterocycles. The average molecular weight is 257 g/mol. The molecule has 0 saturated carbocycles. The van der Waals surface area contributed by atoms with Crippen LogP contribution in [0.25, 0.3) is 0 Å². The van der Waals surface area contributed by atoms with Crippen molar-refractivity contribution in [1.29, 1.82) is 0 Å². The molecule has 0 aromatic carbocycles. The standard InChI is InChI=1S/C12H23N3O3/c1-10(2)12(14-11(16)9-18-12)13-3-4-15-5-7-17-8-6-15/h10,13H,3-9H2,1-2H3,(H,14,16). The molecular formula is C12H23N3O3. The summed E-state index contributed by atoms with van der Waals surface area (Å²) in [7, 11) is 0. The first-order chi connectivity index (χ1) is 8.62. The summed E-state index contributed by atoms with van der Waals surface area (Å²) in [5.41, 5.74) is 0. The second-order valence-corrected chi connectivity index (χ2v) is 5.11. The average Bonchev–Trinajstić information content (AvgIpc) is 2.74. The van der Waals surface area contributed by atoms with Crippen LogP contribution >= 0.6 is 0 Å². The highest BCUT2D eigenvalue weighted by Gasteiger charge is 2.41. The monoisotopic (exact) mass is 257 g/mol. The summed E-state index contributed by atoms with van der Waals surface area (Å²) in [5, 5.41) is 6.22. The zero-order valence-corrected chi connectivity index (χ0v) is 11.2. The molecule has 0 aromatic rings. The number of ether oxygens (including phenoxy) is 2. The van der Waals surface area contributed by atoms with Gasteiger partial charge in [0.25, 0.3) is 0 Å². The Labute approximate surface area is 108 Å². The number of rotatable bonds is 5. The number of carbonyl (C=O) groups is 1. The van der Waals surface area contributed by atoms with Gasteiger partial charge in [-0.1, -0.05) is 13.8 Å². The fourth-order valence-electron chi connectivity index (χ4n) is 2.29. The van der Waals surface area contributed by atoms with Crippen LogP contribution in [0.3, 0.4) is 0 Å². The highest BCUT2D eigenvalue weighted by Crippen LogP contribution is 2.19. The number of nitrogens with one attached hydrogen (secondary N) is 2. The molecular weight excluding hydrogens is 234 g/mol. The maximum absolute atomic E-state index is 11.3. The fraction of sp³-hybridized carbons (Fsp3) is 0.917. The van der Waals surface area contributed by atoms with E-state index in [0.29, 0.717) is 0 Å². The van der Waals surface area contributed by atoms with Crippen molar-refractivity contribution in [1.82, 2.24) is 15.5 Å². The largest absolute Gasteiger partial charge is 0.379 e. The summed E-state index contributed by atoms with van der Waals surface area (Å²) >= 11 is 0. The predicted octanol–water partition coefficient (Wildman–Crippen LogP) is -0.636. The van der Waals surface area contributed by atoms with Gasteiger partial charge in [-0.25, -0.2) is 0 Å². The summed E-state index contributed by atoms with van der Waals surface area (Å²) in [4.78, 5) is 13.7. The van der Waals surface area contributed by atoms with Gasteiger partial charge in [-0.15, -0.1) is 0 Å². The molecule has 2 aliphatic rings. The first kappa shape index (κ1) is 13.7. The SMILES string of the molecule is CC(C)C1(NCCN2CCOCC2)NC(=O)CO1. The van der Waals surface area contributed by atoms with Gasteiger partial charge in [-0.2, -0.15) is 0 Å². The third kappa shape index (κ3) is 3.20. The molecule has 6 heteroatoms. The molecule has 2 saturated heterocycles. The number of hydrogen-bond donors (Lipinski definition) is 2. The predicted molar refractivity (Wildman–Crippen MR) is 66.9 cm³/mol. The minimum Gasteiger partial charge on any atom is -0.379 e. The lowest BCUT2D eigenvalue weighted by atomic mass is 10.1. The van der Waals surface area contributed by atoms with Crippen molar-refractivity contribution >= 4 is 5.91 Å². The molecule has 1 amide bonds. The third-order valence-corrected chi connectivity index (χ3v) is 3.49. The van der Waals surface area contributed by atoms with Gasteiger partial charge in [0.05, 0.1) is 13.2 Å². The highest BCUT2D eigenvalue weighted by atomic mass is 16.5.